The van der Waals surface area contributed by atoms with Crippen LogP contribution in [0.3, 0.4) is 0 Å². The Bertz CT molecular complexity index is 385. The Morgan fingerprint density at radius 2 is 2.11 bits per heavy atom. The summed E-state index contributed by atoms with van der Waals surface area (Å²) in [5.74, 6) is 0. The maximum Gasteiger partial charge on any atom is 0.335 e. The van der Waals surface area contributed by atoms with Crippen LogP contribution in [0.1, 0.15) is 0 Å². The van der Waals surface area contributed by atoms with Gasteiger partial charge < -0.3 is 4.90 Å². The Labute approximate surface area is 113 Å². The molecular weight excluding hydrogens is 280 g/mol. The molecule has 2 amide bonds. The molecule has 0 fully saturated rings. The molecule has 2 N–H and O–H groups in total. The van der Waals surface area contributed by atoms with E-state index in [0.717, 1.165) is 23.6 Å². The first-order chi connectivity index (χ1) is 8.49. The molecule has 1 rings (SSSR count). The minimum Gasteiger partial charge on any atom is -0.330 e. The van der Waals surface area contributed by atoms with Crippen molar-refractivity contribution in [2.75, 3.05) is 33.6 Å². The van der Waals surface area contributed by atoms with Crippen LogP contribution >= 0.6 is 23.6 Å². The van der Waals surface area contributed by atoms with Gasteiger partial charge in [0.1, 0.15) is 12.0 Å². The summed E-state index contributed by atoms with van der Waals surface area (Å²) in [6.07, 6.45) is 0. The van der Waals surface area contributed by atoms with E-state index in [0.29, 0.717) is 10.3 Å². The van der Waals surface area contributed by atoms with Gasteiger partial charge in [0.05, 0.1) is 0 Å². The molecule has 9 nitrogen and oxygen atoms in total. The number of urea groups is 1. The molecule has 0 saturated carbocycles. The zero-order valence-electron chi connectivity index (χ0n) is 10.3. The first kappa shape index (κ1) is 14.9. The topological polar surface area (TPSA) is 91.8 Å². The fourth-order valence-corrected chi connectivity index (χ4v) is 1.68. The highest BCUT2D eigenvalue weighted by Crippen LogP contribution is 2.20. The number of nitrogens with one attached hydrogen (secondary N) is 2. The van der Waals surface area contributed by atoms with E-state index < -0.39 is 0 Å². The zero-order chi connectivity index (χ0) is 13.5. The average molecular weight is 294 g/mol. The lowest BCUT2D eigenvalue weighted by Gasteiger charge is -2.11. The zero-order valence-corrected chi connectivity index (χ0v) is 12.0. The molecular formula is C7H14N6O3S2. The van der Waals surface area contributed by atoms with Crippen molar-refractivity contribution < 1.29 is 14.1 Å². The maximum absolute atomic E-state index is 11.2. The molecule has 0 aliphatic heterocycles. The lowest BCUT2D eigenvalue weighted by Crippen LogP contribution is -2.38. The van der Waals surface area contributed by atoms with Crippen LogP contribution in [0, 0.1) is 0 Å². The van der Waals surface area contributed by atoms with Crippen molar-refractivity contribution in [3.05, 3.63) is 0 Å². The van der Waals surface area contributed by atoms with Crippen LogP contribution in [0.25, 0.3) is 0 Å². The van der Waals surface area contributed by atoms with Crippen molar-refractivity contribution in [3.63, 3.8) is 0 Å². The van der Waals surface area contributed by atoms with Crippen molar-refractivity contribution in [2.45, 2.75) is 5.16 Å². The molecule has 18 heavy (non-hydrogen) atoms. The van der Waals surface area contributed by atoms with Gasteiger partial charge >= 0.3 is 6.03 Å². The van der Waals surface area contributed by atoms with Crippen LogP contribution in [0.2, 0.25) is 0 Å². The predicted molar refractivity (Wildman–Crippen MR) is 67.5 cm³/mol. The molecule has 0 aromatic carbocycles. The summed E-state index contributed by atoms with van der Waals surface area (Å²) in [7, 11) is 6.62. The Kier molecular flexibility index (Phi) is 6.07. The molecule has 0 spiro atoms. The summed E-state index contributed by atoms with van der Waals surface area (Å²) < 4.78 is 8.74. The van der Waals surface area contributed by atoms with Crippen molar-refractivity contribution in [1.82, 2.24) is 24.7 Å². The summed E-state index contributed by atoms with van der Waals surface area (Å²) in [5, 5.41) is 2.21. The van der Waals surface area contributed by atoms with E-state index in [9.17, 15) is 4.79 Å². The maximum atomic E-state index is 11.2. The fraction of sp³-hybridized carbons (Fsp3) is 0.571. The quantitative estimate of drug-likeness (QED) is 0.447. The summed E-state index contributed by atoms with van der Waals surface area (Å²) >= 11 is 1.96. The number of hydrogen-bond donors (Lipinski definition) is 2. The number of rotatable bonds is 6. The Morgan fingerprint density at radius 3 is 2.72 bits per heavy atom. The summed E-state index contributed by atoms with van der Waals surface area (Å²) in [6.45, 7) is 0. The van der Waals surface area contributed by atoms with E-state index in [4.69, 9.17) is 9.32 Å². The number of hydrazine groups is 1. The van der Waals surface area contributed by atoms with Gasteiger partial charge in [-0.2, -0.15) is 14.4 Å². The van der Waals surface area contributed by atoms with Crippen LogP contribution in [0.5, 0.6) is 0 Å². The van der Waals surface area contributed by atoms with E-state index >= 15 is 0 Å². The van der Waals surface area contributed by atoms with Crippen molar-refractivity contribution in [1.29, 1.82) is 0 Å². The smallest absolute Gasteiger partial charge is 0.330 e. The third-order valence-electron chi connectivity index (χ3n) is 1.38. The first-order valence-electron chi connectivity index (χ1n) is 4.74. The van der Waals surface area contributed by atoms with Gasteiger partial charge in [0.25, 0.3) is 0 Å². The SMILES string of the molecule is CN(C)OOSc1nsc(NNC(=O)N(C)C)n1. The standard InChI is InChI=1S/C7H14N6O3S2/c1-12(2)7(14)10-9-5-8-6(11-17-5)18-16-15-13(3)4/h1-4H3,(H,10,14)(H,8,9,11). The molecule has 0 unspecified atom stereocenters. The normalized spacial score (nSPS) is 10.5. The minimum atomic E-state index is -0.286. The van der Waals surface area contributed by atoms with Crippen molar-refractivity contribution in [3.8, 4) is 0 Å². The molecule has 0 atom stereocenters. The largest absolute Gasteiger partial charge is 0.335 e. The lowest BCUT2D eigenvalue weighted by molar-refractivity contribution is -0.340. The van der Waals surface area contributed by atoms with Crippen LogP contribution in [0.15, 0.2) is 5.16 Å². The van der Waals surface area contributed by atoms with E-state index in [1.807, 2.05) is 0 Å². The van der Waals surface area contributed by atoms with Crippen LogP contribution in [-0.2, 0) is 9.32 Å². The van der Waals surface area contributed by atoms with Gasteiger partial charge in [0.15, 0.2) is 0 Å². The molecule has 0 aliphatic carbocycles. The molecule has 1 aromatic heterocycles. The number of amides is 2. The third kappa shape index (κ3) is 5.46. The Hall–Kier alpha value is -1.14. The Morgan fingerprint density at radius 1 is 1.39 bits per heavy atom. The third-order valence-corrected chi connectivity index (χ3v) is 2.58. The van der Waals surface area contributed by atoms with Gasteiger partial charge in [-0.1, -0.05) is 0 Å². The number of carbonyl (C=O) groups excluding carboxylic acids is 1. The molecule has 0 aliphatic rings. The van der Waals surface area contributed by atoms with Gasteiger partial charge in [-0.25, -0.2) is 10.2 Å². The van der Waals surface area contributed by atoms with Crippen molar-refractivity contribution in [2.24, 2.45) is 0 Å². The average Bonchev–Trinajstić information content (AvgIpc) is 2.73. The fourth-order valence-electron chi connectivity index (χ4n) is 0.620. The van der Waals surface area contributed by atoms with Crippen LogP contribution in [0.4, 0.5) is 9.93 Å². The molecule has 1 heterocycles. The molecule has 11 heteroatoms. The first-order valence-corrected chi connectivity index (χ1v) is 6.26. The highest BCUT2D eigenvalue weighted by Gasteiger charge is 2.08. The summed E-state index contributed by atoms with van der Waals surface area (Å²) in [4.78, 5) is 21.4. The number of nitrogens with zero attached hydrogens (tertiary/aromatic N) is 4. The van der Waals surface area contributed by atoms with E-state index in [-0.39, 0.29) is 6.03 Å². The minimum absolute atomic E-state index is 0.286. The molecule has 1 aromatic rings. The number of aromatic nitrogens is 2. The second-order valence-corrected chi connectivity index (χ2v) is 4.79. The molecule has 0 radical (unpaired) electrons. The molecule has 102 valence electrons. The van der Waals surface area contributed by atoms with E-state index in [1.165, 1.54) is 9.96 Å². The number of hydrogen-bond acceptors (Lipinski definition) is 9. The predicted octanol–water partition coefficient (Wildman–Crippen LogP) is 0.568. The number of anilines is 1. The number of carbonyl (C=O) groups is 1. The van der Waals surface area contributed by atoms with Gasteiger partial charge in [-0.3, -0.25) is 5.43 Å². The van der Waals surface area contributed by atoms with Gasteiger partial charge in [0, 0.05) is 39.7 Å². The highest BCUT2D eigenvalue weighted by atomic mass is 32.2. The second-order valence-electron chi connectivity index (χ2n) is 3.37. The van der Waals surface area contributed by atoms with Gasteiger partial charge in [-0.05, 0) is 0 Å². The second kappa shape index (κ2) is 7.33. The molecule has 0 saturated heterocycles. The van der Waals surface area contributed by atoms with Crippen LogP contribution in [-0.4, -0.2) is 53.5 Å². The van der Waals surface area contributed by atoms with Gasteiger partial charge in [0.2, 0.25) is 10.3 Å². The molecule has 0 bridgehead atoms. The summed E-state index contributed by atoms with van der Waals surface area (Å²) in [6, 6.07) is -0.286. The van der Waals surface area contributed by atoms with Crippen LogP contribution < -0.4 is 10.9 Å². The lowest BCUT2D eigenvalue weighted by atomic mass is 10.8. The summed E-state index contributed by atoms with van der Waals surface area (Å²) in [5.41, 5.74) is 5.07. The van der Waals surface area contributed by atoms with E-state index in [1.54, 1.807) is 28.2 Å². The van der Waals surface area contributed by atoms with E-state index in [2.05, 4.69) is 20.2 Å². The van der Waals surface area contributed by atoms with Gasteiger partial charge in [-0.15, -0.1) is 9.32 Å². The number of hydroxylamine groups is 2. The highest BCUT2D eigenvalue weighted by molar-refractivity contribution is 7.94. The monoisotopic (exact) mass is 294 g/mol. The van der Waals surface area contributed by atoms with Crippen molar-refractivity contribution >= 4 is 34.7 Å². The Balaban J connectivity index is 2.32.